The van der Waals surface area contributed by atoms with Crippen LogP contribution in [0.15, 0.2) is 0 Å². The van der Waals surface area contributed by atoms with Gasteiger partial charge in [0.15, 0.2) is 0 Å². The second-order valence-corrected chi connectivity index (χ2v) is 8.17. The second kappa shape index (κ2) is 11.6. The molecule has 8 heteroatoms. The predicted molar refractivity (Wildman–Crippen MR) is 93.6 cm³/mol. The second-order valence-electron chi connectivity index (χ2n) is 6.49. The number of hydrogen-bond acceptors (Lipinski definition) is 8. The van der Waals surface area contributed by atoms with Gasteiger partial charge in [0.25, 0.3) is 0 Å². The molecule has 1 aliphatic heterocycles. The van der Waals surface area contributed by atoms with Gasteiger partial charge < -0.3 is 35.0 Å². The zero-order valence-electron chi connectivity index (χ0n) is 15.1. The fraction of sp³-hybridized carbons (Fsp3) is 1.00. The molecule has 4 N–H and O–H groups in total. The van der Waals surface area contributed by atoms with Crippen molar-refractivity contribution >= 4 is 11.8 Å². The summed E-state index contributed by atoms with van der Waals surface area (Å²) in [5.74, 6) is 0. The van der Waals surface area contributed by atoms with Gasteiger partial charge in [-0.15, -0.1) is 11.8 Å². The van der Waals surface area contributed by atoms with E-state index in [0.29, 0.717) is 0 Å². The Balaban J connectivity index is 0.000000515. The van der Waals surface area contributed by atoms with Gasteiger partial charge >= 0.3 is 0 Å². The average Bonchev–Trinajstić information content (AvgIpc) is 2.46. The SMILES string of the molecule is CC(C)S[C@@H]1O[C@H](CO)[C@H](O)[C@H](O)[C@H]1O.CN(C)CCN(C)C. The van der Waals surface area contributed by atoms with Crippen molar-refractivity contribution in [3.8, 4) is 0 Å². The van der Waals surface area contributed by atoms with Crippen molar-refractivity contribution in [1.29, 1.82) is 0 Å². The highest BCUT2D eigenvalue weighted by molar-refractivity contribution is 8.00. The number of thioether (sulfide) groups is 1. The van der Waals surface area contributed by atoms with Gasteiger partial charge in [-0.1, -0.05) is 13.8 Å². The van der Waals surface area contributed by atoms with Gasteiger partial charge in [0, 0.05) is 18.3 Å². The van der Waals surface area contributed by atoms with Gasteiger partial charge in [0.05, 0.1) is 6.61 Å². The topological polar surface area (TPSA) is 96.6 Å². The summed E-state index contributed by atoms with van der Waals surface area (Å²) in [5, 5.41) is 37.8. The molecule has 140 valence electrons. The zero-order valence-corrected chi connectivity index (χ0v) is 15.9. The van der Waals surface area contributed by atoms with E-state index in [1.54, 1.807) is 0 Å². The van der Waals surface area contributed by atoms with Gasteiger partial charge in [-0.2, -0.15) is 0 Å². The smallest absolute Gasteiger partial charge is 0.132 e. The van der Waals surface area contributed by atoms with E-state index in [2.05, 4.69) is 38.0 Å². The highest BCUT2D eigenvalue weighted by Gasteiger charge is 2.43. The number of aliphatic hydroxyl groups is 4. The number of rotatable bonds is 6. The molecular weight excluding hydrogens is 320 g/mol. The number of nitrogens with zero attached hydrogens (tertiary/aromatic N) is 2. The quantitative estimate of drug-likeness (QED) is 0.484. The maximum atomic E-state index is 9.63. The first kappa shape index (κ1) is 23.1. The largest absolute Gasteiger partial charge is 0.394 e. The molecule has 23 heavy (non-hydrogen) atoms. The molecule has 7 nitrogen and oxygen atoms in total. The molecule has 0 aromatic heterocycles. The molecule has 1 fully saturated rings. The van der Waals surface area contributed by atoms with E-state index >= 15 is 0 Å². The lowest BCUT2D eigenvalue weighted by molar-refractivity contribution is -0.205. The van der Waals surface area contributed by atoms with Crippen LogP contribution < -0.4 is 0 Å². The van der Waals surface area contributed by atoms with Crippen LogP contribution in [0.1, 0.15) is 13.8 Å². The van der Waals surface area contributed by atoms with E-state index in [9.17, 15) is 15.3 Å². The minimum absolute atomic E-state index is 0.228. The lowest BCUT2D eigenvalue weighted by Crippen LogP contribution is -2.57. The van der Waals surface area contributed by atoms with E-state index < -0.39 is 29.9 Å². The van der Waals surface area contributed by atoms with Gasteiger partial charge in [0.1, 0.15) is 29.9 Å². The van der Waals surface area contributed by atoms with Crippen molar-refractivity contribution in [2.45, 2.75) is 48.9 Å². The Morgan fingerprint density at radius 1 is 0.913 bits per heavy atom. The van der Waals surface area contributed by atoms with Crippen LogP contribution in [-0.4, -0.2) is 113 Å². The van der Waals surface area contributed by atoms with Crippen LogP contribution >= 0.6 is 11.8 Å². The molecule has 0 aromatic carbocycles. The predicted octanol–water partition coefficient (Wildman–Crippen LogP) is -0.962. The first-order valence-electron chi connectivity index (χ1n) is 7.85. The number of aliphatic hydroxyl groups excluding tert-OH is 4. The fourth-order valence-electron chi connectivity index (χ4n) is 1.85. The fourth-order valence-corrected chi connectivity index (χ4v) is 2.91. The van der Waals surface area contributed by atoms with Crippen LogP contribution in [0.2, 0.25) is 0 Å². The highest BCUT2D eigenvalue weighted by atomic mass is 32.2. The summed E-state index contributed by atoms with van der Waals surface area (Å²) in [7, 11) is 8.35. The van der Waals surface area contributed by atoms with Crippen molar-refractivity contribution in [3.63, 3.8) is 0 Å². The summed E-state index contributed by atoms with van der Waals surface area (Å²) in [6, 6.07) is 0. The third kappa shape index (κ3) is 9.21. The molecule has 1 saturated heterocycles. The van der Waals surface area contributed by atoms with E-state index in [-0.39, 0.29) is 11.9 Å². The summed E-state index contributed by atoms with van der Waals surface area (Å²) in [5.41, 5.74) is -0.611. The minimum atomic E-state index is -1.27. The van der Waals surface area contributed by atoms with Gasteiger partial charge in [0.2, 0.25) is 0 Å². The first-order chi connectivity index (χ1) is 10.6. The van der Waals surface area contributed by atoms with Crippen LogP contribution in [-0.2, 0) is 4.74 Å². The number of hydrogen-bond donors (Lipinski definition) is 4. The molecular formula is C15H34N2O5S. The van der Waals surface area contributed by atoms with Crippen molar-refractivity contribution < 1.29 is 25.2 Å². The highest BCUT2D eigenvalue weighted by Crippen LogP contribution is 2.30. The molecule has 0 aromatic rings. The Hall–Kier alpha value is 0.0700. The van der Waals surface area contributed by atoms with Crippen LogP contribution in [0.4, 0.5) is 0 Å². The van der Waals surface area contributed by atoms with Gasteiger partial charge in [-0.05, 0) is 28.2 Å². The van der Waals surface area contributed by atoms with Gasteiger partial charge in [-0.25, -0.2) is 0 Å². The molecule has 0 radical (unpaired) electrons. The summed E-state index contributed by atoms with van der Waals surface area (Å²) in [6.45, 7) is 5.79. The van der Waals surface area contributed by atoms with E-state index in [1.165, 1.54) is 11.8 Å². The molecule has 0 spiro atoms. The van der Waals surface area contributed by atoms with Gasteiger partial charge in [-0.3, -0.25) is 0 Å². The third-order valence-electron chi connectivity index (χ3n) is 3.25. The summed E-state index contributed by atoms with van der Waals surface area (Å²) in [4.78, 5) is 4.36. The maximum Gasteiger partial charge on any atom is 0.132 e. The van der Waals surface area contributed by atoms with Crippen molar-refractivity contribution in [3.05, 3.63) is 0 Å². The molecule has 1 aliphatic rings. The van der Waals surface area contributed by atoms with E-state index in [4.69, 9.17) is 9.84 Å². The Bertz CT molecular complexity index is 298. The standard InChI is InChI=1S/C9H18O5S.C6H16N2/c1-4(2)15-9-8(13)7(12)6(11)5(3-10)14-9;1-7(2)5-6-8(3)4/h4-13H,3H2,1-2H3;5-6H2,1-4H3/t5-,6+,7+,8-,9+;/m1./s1. The Labute approximate surface area is 144 Å². The number of likely N-dealkylation sites (N-methyl/N-ethyl adjacent to an activating group) is 2. The maximum absolute atomic E-state index is 9.63. The van der Waals surface area contributed by atoms with Crippen LogP contribution in [0, 0.1) is 0 Å². The zero-order chi connectivity index (χ0) is 18.2. The lowest BCUT2D eigenvalue weighted by atomic mass is 10.0. The van der Waals surface area contributed by atoms with Crippen LogP contribution in [0.25, 0.3) is 0 Å². The lowest BCUT2D eigenvalue weighted by Gasteiger charge is -2.40. The molecule has 0 unspecified atom stereocenters. The summed E-state index contributed by atoms with van der Waals surface area (Å²) < 4.78 is 5.29. The van der Waals surface area contributed by atoms with E-state index in [0.717, 1.165) is 13.1 Å². The number of ether oxygens (including phenoxy) is 1. The molecule has 5 atom stereocenters. The van der Waals surface area contributed by atoms with Crippen molar-refractivity contribution in [2.75, 3.05) is 47.9 Å². The van der Waals surface area contributed by atoms with E-state index in [1.807, 2.05) is 13.8 Å². The minimum Gasteiger partial charge on any atom is -0.394 e. The van der Waals surface area contributed by atoms with Crippen LogP contribution in [0.3, 0.4) is 0 Å². The van der Waals surface area contributed by atoms with Crippen LogP contribution in [0.5, 0.6) is 0 Å². The summed E-state index contributed by atoms with van der Waals surface area (Å²) in [6.07, 6.45) is -4.48. The monoisotopic (exact) mass is 354 g/mol. The molecule has 0 aliphatic carbocycles. The third-order valence-corrected chi connectivity index (χ3v) is 4.45. The molecule has 0 amide bonds. The molecule has 1 rings (SSSR count). The van der Waals surface area contributed by atoms with Crippen molar-refractivity contribution in [2.24, 2.45) is 0 Å². The molecule has 0 saturated carbocycles. The first-order valence-corrected chi connectivity index (χ1v) is 8.79. The Morgan fingerprint density at radius 2 is 1.39 bits per heavy atom. The Kier molecular flexibility index (Phi) is 11.6. The molecule has 1 heterocycles. The Morgan fingerprint density at radius 3 is 1.74 bits per heavy atom. The molecule has 0 bridgehead atoms. The van der Waals surface area contributed by atoms with Crippen molar-refractivity contribution in [1.82, 2.24) is 9.80 Å². The normalized spacial score (nSPS) is 31.4. The summed E-state index contributed by atoms with van der Waals surface area (Å²) >= 11 is 1.35. The average molecular weight is 355 g/mol.